The van der Waals surface area contributed by atoms with Gasteiger partial charge in [0.2, 0.25) is 5.89 Å². The van der Waals surface area contributed by atoms with Crippen LogP contribution in [0.25, 0.3) is 0 Å². The molecule has 2 heterocycles. The average molecular weight is 276 g/mol. The fourth-order valence-electron chi connectivity index (χ4n) is 1.73. The zero-order chi connectivity index (χ0) is 13.8. The lowest BCUT2D eigenvalue weighted by molar-refractivity contribution is -0.00276. The molecule has 0 bridgehead atoms. The van der Waals surface area contributed by atoms with Crippen LogP contribution in [0.1, 0.15) is 35.4 Å². The number of halogens is 2. The Morgan fingerprint density at radius 1 is 1.63 bits per heavy atom. The van der Waals surface area contributed by atoms with Gasteiger partial charge in [-0.1, -0.05) is 5.16 Å². The molecule has 9 heteroatoms. The molecular weight excluding hydrogens is 262 g/mol. The second-order valence-corrected chi connectivity index (χ2v) is 4.22. The van der Waals surface area contributed by atoms with Crippen LogP contribution in [0, 0.1) is 0 Å². The summed E-state index contributed by atoms with van der Waals surface area (Å²) in [6, 6.07) is -0.0688. The number of aliphatic hydroxyl groups excluding tert-OH is 1. The molecule has 1 aromatic heterocycles. The fourth-order valence-corrected chi connectivity index (χ4v) is 1.73. The molecule has 1 fully saturated rings. The van der Waals surface area contributed by atoms with Crippen molar-refractivity contribution >= 4 is 5.91 Å². The zero-order valence-corrected chi connectivity index (χ0v) is 9.97. The summed E-state index contributed by atoms with van der Waals surface area (Å²) in [5.41, 5.74) is 0. The first-order chi connectivity index (χ1) is 9.08. The molecule has 0 radical (unpaired) electrons. The Morgan fingerprint density at radius 3 is 3.05 bits per heavy atom. The van der Waals surface area contributed by atoms with Crippen LogP contribution >= 0.6 is 0 Å². The minimum absolute atomic E-state index is 0.0688. The van der Waals surface area contributed by atoms with Crippen molar-refractivity contribution in [2.45, 2.75) is 31.4 Å². The lowest BCUT2D eigenvalue weighted by atomic mass is 10.2. The molecule has 2 rings (SSSR count). The molecule has 2 unspecified atom stereocenters. The second-order valence-electron chi connectivity index (χ2n) is 4.22. The Kier molecular flexibility index (Phi) is 4.38. The molecule has 1 amide bonds. The van der Waals surface area contributed by atoms with Gasteiger partial charge in [-0.15, -0.1) is 0 Å². The third-order valence-corrected chi connectivity index (χ3v) is 2.77. The molecule has 2 atom stereocenters. The maximum Gasteiger partial charge on any atom is 0.292 e. The van der Waals surface area contributed by atoms with Crippen LogP contribution in [0.5, 0.6) is 0 Å². The molecule has 19 heavy (non-hydrogen) atoms. The quantitative estimate of drug-likeness (QED) is 0.691. The van der Waals surface area contributed by atoms with Gasteiger partial charge in [-0.3, -0.25) is 4.79 Å². The molecule has 7 nitrogen and oxygen atoms in total. The molecule has 1 aromatic rings. The van der Waals surface area contributed by atoms with Gasteiger partial charge in [0.05, 0.1) is 6.04 Å². The lowest BCUT2D eigenvalue weighted by Gasteiger charge is -2.08. The van der Waals surface area contributed by atoms with E-state index in [4.69, 9.17) is 9.63 Å². The number of carbonyl (C=O) groups is 1. The number of nitrogens with one attached hydrogen (secondary N) is 2. The van der Waals surface area contributed by atoms with Gasteiger partial charge in [0.1, 0.15) is 6.10 Å². The molecule has 1 aliphatic heterocycles. The van der Waals surface area contributed by atoms with Crippen molar-refractivity contribution < 1.29 is 23.2 Å². The summed E-state index contributed by atoms with van der Waals surface area (Å²) in [5.74, 6) is -0.685. The van der Waals surface area contributed by atoms with Gasteiger partial charge < -0.3 is 20.3 Å². The summed E-state index contributed by atoms with van der Waals surface area (Å²) in [7, 11) is 0. The largest absolute Gasteiger partial charge is 0.385 e. The SMILES string of the molecule is O=C(NCC(O)C(F)F)c1noc(C2CCCN2)n1. The second kappa shape index (κ2) is 6.02. The first kappa shape index (κ1) is 13.8. The van der Waals surface area contributed by atoms with Gasteiger partial charge in [-0.2, -0.15) is 4.98 Å². The summed E-state index contributed by atoms with van der Waals surface area (Å²) < 4.78 is 29.0. The molecule has 1 saturated heterocycles. The smallest absolute Gasteiger partial charge is 0.292 e. The van der Waals surface area contributed by atoms with Crippen molar-refractivity contribution in [2.24, 2.45) is 0 Å². The summed E-state index contributed by atoms with van der Waals surface area (Å²) in [6.45, 7) is 0.275. The van der Waals surface area contributed by atoms with E-state index >= 15 is 0 Å². The monoisotopic (exact) mass is 276 g/mol. The number of hydrogen-bond acceptors (Lipinski definition) is 6. The van der Waals surface area contributed by atoms with Crippen LogP contribution in [-0.2, 0) is 0 Å². The van der Waals surface area contributed by atoms with E-state index < -0.39 is 25.0 Å². The van der Waals surface area contributed by atoms with Crippen molar-refractivity contribution in [1.29, 1.82) is 0 Å². The highest BCUT2D eigenvalue weighted by Gasteiger charge is 2.25. The maximum atomic E-state index is 12.0. The summed E-state index contributed by atoms with van der Waals surface area (Å²) in [5, 5.41) is 17.6. The van der Waals surface area contributed by atoms with Crippen molar-refractivity contribution in [3.63, 3.8) is 0 Å². The Labute approximate surface area is 107 Å². The van der Waals surface area contributed by atoms with Crippen LogP contribution < -0.4 is 10.6 Å². The maximum absolute atomic E-state index is 12.0. The Hall–Kier alpha value is -1.61. The molecule has 0 aromatic carbocycles. The van der Waals surface area contributed by atoms with E-state index in [0.29, 0.717) is 5.89 Å². The summed E-state index contributed by atoms with van der Waals surface area (Å²) in [4.78, 5) is 15.4. The van der Waals surface area contributed by atoms with Gasteiger partial charge in [0, 0.05) is 6.54 Å². The number of nitrogens with zero attached hydrogens (tertiary/aromatic N) is 2. The van der Waals surface area contributed by atoms with Crippen LogP contribution in [0.2, 0.25) is 0 Å². The van der Waals surface area contributed by atoms with Crippen molar-refractivity contribution in [3.8, 4) is 0 Å². The van der Waals surface area contributed by atoms with Crippen LogP contribution in [0.3, 0.4) is 0 Å². The number of hydrogen-bond donors (Lipinski definition) is 3. The minimum atomic E-state index is -2.91. The molecule has 0 spiro atoms. The third kappa shape index (κ3) is 3.44. The summed E-state index contributed by atoms with van der Waals surface area (Å²) in [6.07, 6.45) is -3.00. The third-order valence-electron chi connectivity index (χ3n) is 2.77. The Balaban J connectivity index is 1.89. The molecule has 106 valence electrons. The average Bonchev–Trinajstić information content (AvgIpc) is 3.04. The van der Waals surface area contributed by atoms with E-state index in [0.717, 1.165) is 19.4 Å². The number of rotatable bonds is 5. The minimum Gasteiger partial charge on any atom is -0.385 e. The molecule has 0 aliphatic carbocycles. The van der Waals surface area contributed by atoms with Gasteiger partial charge in [0.25, 0.3) is 18.2 Å². The standard InChI is InChI=1S/C10H14F2N4O3/c11-7(12)6(17)4-14-9(18)8-15-10(19-16-8)5-2-1-3-13-5/h5-7,13,17H,1-4H2,(H,14,18). The predicted molar refractivity (Wildman–Crippen MR) is 58.6 cm³/mol. The number of aliphatic hydroxyl groups is 1. The zero-order valence-electron chi connectivity index (χ0n) is 9.97. The first-order valence-corrected chi connectivity index (χ1v) is 5.89. The fraction of sp³-hybridized carbons (Fsp3) is 0.700. The van der Waals surface area contributed by atoms with E-state index in [2.05, 4.69) is 20.8 Å². The molecular formula is C10H14F2N4O3. The Bertz CT molecular complexity index is 434. The van der Waals surface area contributed by atoms with Crippen molar-refractivity contribution in [1.82, 2.24) is 20.8 Å². The van der Waals surface area contributed by atoms with Crippen LogP contribution in [0.15, 0.2) is 4.52 Å². The number of carbonyl (C=O) groups excluding carboxylic acids is 1. The number of amides is 1. The number of aromatic nitrogens is 2. The summed E-state index contributed by atoms with van der Waals surface area (Å²) >= 11 is 0. The highest BCUT2D eigenvalue weighted by Crippen LogP contribution is 2.20. The van der Waals surface area contributed by atoms with E-state index in [1.165, 1.54) is 0 Å². The highest BCUT2D eigenvalue weighted by molar-refractivity contribution is 5.90. The topological polar surface area (TPSA) is 100 Å². The van der Waals surface area contributed by atoms with E-state index in [-0.39, 0.29) is 11.9 Å². The number of alkyl halides is 2. The van der Waals surface area contributed by atoms with Gasteiger partial charge in [-0.25, -0.2) is 8.78 Å². The first-order valence-electron chi connectivity index (χ1n) is 5.89. The molecule has 0 saturated carbocycles. The molecule has 1 aliphatic rings. The van der Waals surface area contributed by atoms with Gasteiger partial charge in [-0.05, 0) is 19.4 Å². The van der Waals surface area contributed by atoms with Gasteiger partial charge >= 0.3 is 0 Å². The Morgan fingerprint density at radius 2 is 2.42 bits per heavy atom. The van der Waals surface area contributed by atoms with Crippen molar-refractivity contribution in [2.75, 3.05) is 13.1 Å². The van der Waals surface area contributed by atoms with Crippen molar-refractivity contribution in [3.05, 3.63) is 11.7 Å². The lowest BCUT2D eigenvalue weighted by Crippen LogP contribution is -2.36. The predicted octanol–water partition coefficient (Wildman–Crippen LogP) is -0.150. The van der Waals surface area contributed by atoms with E-state index in [9.17, 15) is 13.6 Å². The van der Waals surface area contributed by atoms with Gasteiger partial charge in [0.15, 0.2) is 0 Å². The molecule has 3 N–H and O–H groups in total. The normalized spacial score (nSPS) is 20.7. The van der Waals surface area contributed by atoms with Crippen LogP contribution in [-0.4, -0.2) is 46.8 Å². The highest BCUT2D eigenvalue weighted by atomic mass is 19.3. The van der Waals surface area contributed by atoms with Crippen LogP contribution in [0.4, 0.5) is 8.78 Å². The van der Waals surface area contributed by atoms with E-state index in [1.54, 1.807) is 0 Å². The van der Waals surface area contributed by atoms with E-state index in [1.807, 2.05) is 0 Å².